The number of hydrogen-bond acceptors (Lipinski definition) is 8. The highest BCUT2D eigenvalue weighted by molar-refractivity contribution is 5.76. The van der Waals surface area contributed by atoms with Crippen LogP contribution in [-0.4, -0.2) is 87.5 Å². The lowest BCUT2D eigenvalue weighted by atomic mass is 9.99. The molecule has 0 aromatic rings. The number of nitrogens with one attached hydrogen (secondary N) is 1. The number of amides is 1. The number of ether oxygens (including phenoxy) is 2. The molecule has 486 valence electrons. The first-order chi connectivity index (χ1) is 40.8. The summed E-state index contributed by atoms with van der Waals surface area (Å²) in [6, 6.07) is -0.830. The molecule has 0 aliphatic carbocycles. The lowest BCUT2D eigenvalue weighted by Crippen LogP contribution is -2.60. The van der Waals surface area contributed by atoms with Gasteiger partial charge in [-0.1, -0.05) is 325 Å². The minimum atomic E-state index is -1.58. The molecule has 0 aromatic heterocycles. The number of carbonyl (C=O) groups excluding carboxylic acids is 1. The summed E-state index contributed by atoms with van der Waals surface area (Å²) in [5.74, 6) is -0.185. The fourth-order valence-electron chi connectivity index (χ4n) is 11.4. The molecular weight excluding hydrogens is 1030 g/mol. The van der Waals surface area contributed by atoms with E-state index in [4.69, 9.17) is 9.47 Å². The van der Waals surface area contributed by atoms with Crippen molar-refractivity contribution in [2.75, 3.05) is 13.2 Å². The van der Waals surface area contributed by atoms with E-state index >= 15 is 0 Å². The van der Waals surface area contributed by atoms with Crippen LogP contribution in [0.1, 0.15) is 348 Å². The van der Waals surface area contributed by atoms with Crippen molar-refractivity contribution in [2.24, 2.45) is 0 Å². The van der Waals surface area contributed by atoms with Gasteiger partial charge in [-0.05, 0) is 77.0 Å². The molecular formula is C74H137NO8. The standard InChI is InChI=1S/C74H137NO8/c1-3-5-7-9-11-13-15-17-19-21-23-25-27-29-31-32-33-34-35-36-38-40-42-44-46-48-50-52-54-56-58-60-62-64-70(78)75-67(66-82-74-73(81)72(80)71(79)69(65-76)83-74)68(77)63-61-59-57-55-53-51-49-47-45-43-41-39-37-30-28-26-24-22-20-18-16-14-12-10-8-6-4-2/h15,17,21,23,45,47,53,55,61,63,67-69,71-74,76-77,79-81H,3-14,16,18-20,22,24-44,46,48-52,54,56-60,62,64-66H2,1-2H3,(H,75,78)/b17-15-,23-21-,47-45+,55-53+,63-61+. The van der Waals surface area contributed by atoms with Crippen molar-refractivity contribution in [3.05, 3.63) is 60.8 Å². The van der Waals surface area contributed by atoms with Gasteiger partial charge in [-0.25, -0.2) is 0 Å². The third-order valence-electron chi connectivity index (χ3n) is 17.0. The highest BCUT2D eigenvalue weighted by Crippen LogP contribution is 2.23. The maximum absolute atomic E-state index is 13.1. The van der Waals surface area contributed by atoms with E-state index in [0.717, 1.165) is 51.4 Å². The van der Waals surface area contributed by atoms with Crippen LogP contribution in [0.25, 0.3) is 0 Å². The number of rotatable bonds is 63. The Balaban J connectivity index is 2.14. The van der Waals surface area contributed by atoms with Crippen LogP contribution in [-0.2, 0) is 14.3 Å². The second-order valence-corrected chi connectivity index (χ2v) is 25.0. The molecule has 1 fully saturated rings. The van der Waals surface area contributed by atoms with Gasteiger partial charge in [0.15, 0.2) is 6.29 Å². The highest BCUT2D eigenvalue weighted by atomic mass is 16.7. The van der Waals surface area contributed by atoms with Gasteiger partial charge in [-0.2, -0.15) is 0 Å². The Morgan fingerprint density at radius 3 is 1.08 bits per heavy atom. The van der Waals surface area contributed by atoms with Crippen LogP contribution in [0, 0.1) is 0 Å². The van der Waals surface area contributed by atoms with Gasteiger partial charge in [0.05, 0.1) is 25.4 Å². The van der Waals surface area contributed by atoms with E-state index < -0.39 is 49.5 Å². The predicted octanol–water partition coefficient (Wildman–Crippen LogP) is 19.8. The molecule has 9 heteroatoms. The third-order valence-corrected chi connectivity index (χ3v) is 17.0. The van der Waals surface area contributed by atoms with Crippen LogP contribution in [0.3, 0.4) is 0 Å². The SMILES string of the molecule is CCCCCCC/C=C\C/C=C\CCCCCCCCCCCCCCCCCCCCCCCC(=O)NC(COC1OC(CO)C(O)C(O)C1O)C(O)/C=C/CC/C=C/CC/C=C/CCCCCCCCCCCCCCCCCCC. The molecule has 0 radical (unpaired) electrons. The summed E-state index contributed by atoms with van der Waals surface area (Å²) in [6.45, 7) is 3.79. The van der Waals surface area contributed by atoms with Crippen molar-refractivity contribution in [3.63, 3.8) is 0 Å². The highest BCUT2D eigenvalue weighted by Gasteiger charge is 2.44. The first-order valence-corrected chi connectivity index (χ1v) is 36.0. The first-order valence-electron chi connectivity index (χ1n) is 36.0. The Bertz CT molecular complexity index is 1500. The molecule has 0 saturated carbocycles. The maximum atomic E-state index is 13.1. The first kappa shape index (κ1) is 78.9. The molecule has 1 aliphatic rings. The zero-order chi connectivity index (χ0) is 60.0. The third kappa shape index (κ3) is 51.6. The summed E-state index contributed by atoms with van der Waals surface area (Å²) >= 11 is 0. The largest absolute Gasteiger partial charge is 0.394 e. The summed E-state index contributed by atoms with van der Waals surface area (Å²) < 4.78 is 11.3. The zero-order valence-corrected chi connectivity index (χ0v) is 54.5. The molecule has 0 aromatic carbocycles. The minimum absolute atomic E-state index is 0.185. The second kappa shape index (κ2) is 62.9. The number of aliphatic hydroxyl groups excluding tert-OH is 5. The molecule has 1 aliphatic heterocycles. The fraction of sp³-hybridized carbons (Fsp3) is 0.851. The minimum Gasteiger partial charge on any atom is -0.394 e. The average molecular weight is 1170 g/mol. The van der Waals surface area contributed by atoms with E-state index in [-0.39, 0.29) is 12.5 Å². The molecule has 7 unspecified atom stereocenters. The van der Waals surface area contributed by atoms with E-state index in [2.05, 4.69) is 67.8 Å². The molecule has 83 heavy (non-hydrogen) atoms. The fourth-order valence-corrected chi connectivity index (χ4v) is 11.4. The number of carbonyl (C=O) groups is 1. The normalized spacial score (nSPS) is 18.6. The van der Waals surface area contributed by atoms with Gasteiger partial charge in [0.25, 0.3) is 0 Å². The lowest BCUT2D eigenvalue weighted by Gasteiger charge is -2.40. The maximum Gasteiger partial charge on any atom is 0.220 e. The summed E-state index contributed by atoms with van der Waals surface area (Å²) in [7, 11) is 0. The molecule has 1 saturated heterocycles. The van der Waals surface area contributed by atoms with Crippen LogP contribution in [0.15, 0.2) is 60.8 Å². The molecule has 1 rings (SSSR count). The number of unbranched alkanes of at least 4 members (excludes halogenated alkanes) is 45. The van der Waals surface area contributed by atoms with Crippen molar-refractivity contribution in [2.45, 2.75) is 391 Å². The van der Waals surface area contributed by atoms with Crippen LogP contribution < -0.4 is 5.32 Å². The Kier molecular flexibility index (Phi) is 59.8. The number of allylic oxidation sites excluding steroid dienone is 9. The van der Waals surface area contributed by atoms with Crippen LogP contribution in [0.4, 0.5) is 0 Å². The van der Waals surface area contributed by atoms with Gasteiger partial charge in [-0.15, -0.1) is 0 Å². The van der Waals surface area contributed by atoms with Crippen molar-refractivity contribution in [3.8, 4) is 0 Å². The quantitative estimate of drug-likeness (QED) is 0.0261. The summed E-state index contributed by atoms with van der Waals surface area (Å²) in [6.07, 6.45) is 80.5. The lowest BCUT2D eigenvalue weighted by molar-refractivity contribution is -0.302. The van der Waals surface area contributed by atoms with Gasteiger partial charge < -0.3 is 40.3 Å². The van der Waals surface area contributed by atoms with Crippen molar-refractivity contribution in [1.82, 2.24) is 5.32 Å². The van der Waals surface area contributed by atoms with Gasteiger partial charge in [0.1, 0.15) is 24.4 Å². The Morgan fingerprint density at radius 1 is 0.410 bits per heavy atom. The predicted molar refractivity (Wildman–Crippen MR) is 355 cm³/mol. The van der Waals surface area contributed by atoms with Crippen molar-refractivity contribution < 1.29 is 39.8 Å². The zero-order valence-electron chi connectivity index (χ0n) is 54.5. The number of aliphatic hydroxyl groups is 5. The van der Waals surface area contributed by atoms with E-state index in [9.17, 15) is 30.3 Å². The molecule has 7 atom stereocenters. The van der Waals surface area contributed by atoms with E-state index in [0.29, 0.717) is 6.42 Å². The van der Waals surface area contributed by atoms with E-state index in [1.165, 1.54) is 276 Å². The van der Waals surface area contributed by atoms with Crippen LogP contribution in [0.5, 0.6) is 0 Å². The summed E-state index contributed by atoms with van der Waals surface area (Å²) in [4.78, 5) is 13.1. The molecule has 9 nitrogen and oxygen atoms in total. The second-order valence-electron chi connectivity index (χ2n) is 25.0. The van der Waals surface area contributed by atoms with Gasteiger partial charge >= 0.3 is 0 Å². The smallest absolute Gasteiger partial charge is 0.220 e. The Morgan fingerprint density at radius 2 is 0.723 bits per heavy atom. The Labute approximate surface area is 513 Å². The molecule has 1 heterocycles. The topological polar surface area (TPSA) is 149 Å². The monoisotopic (exact) mass is 1170 g/mol. The van der Waals surface area contributed by atoms with Crippen molar-refractivity contribution in [1.29, 1.82) is 0 Å². The molecule has 0 bridgehead atoms. The average Bonchev–Trinajstić information content (AvgIpc) is 3.61. The number of hydrogen-bond donors (Lipinski definition) is 6. The molecule has 6 N–H and O–H groups in total. The molecule has 1 amide bonds. The summed E-state index contributed by atoms with van der Waals surface area (Å²) in [5, 5.41) is 54.7. The van der Waals surface area contributed by atoms with E-state index in [1.807, 2.05) is 6.08 Å². The summed E-state index contributed by atoms with van der Waals surface area (Å²) in [5.41, 5.74) is 0. The van der Waals surface area contributed by atoms with Gasteiger partial charge in [-0.3, -0.25) is 4.79 Å². The van der Waals surface area contributed by atoms with Gasteiger partial charge in [0, 0.05) is 6.42 Å². The van der Waals surface area contributed by atoms with E-state index in [1.54, 1.807) is 6.08 Å². The molecule has 0 spiro atoms. The van der Waals surface area contributed by atoms with Crippen LogP contribution in [0.2, 0.25) is 0 Å². The van der Waals surface area contributed by atoms with Crippen LogP contribution >= 0.6 is 0 Å². The Hall–Kier alpha value is -2.11. The van der Waals surface area contributed by atoms with Gasteiger partial charge in [0.2, 0.25) is 5.91 Å². The van der Waals surface area contributed by atoms with Crippen molar-refractivity contribution >= 4 is 5.91 Å².